The normalized spacial score (nSPS) is 9.88. The molecule has 1 aromatic heterocycles. The predicted molar refractivity (Wildman–Crippen MR) is 60.3 cm³/mol. The second-order valence-electron chi connectivity index (χ2n) is 3.45. The lowest BCUT2D eigenvalue weighted by Crippen LogP contribution is -2.28. The van der Waals surface area contributed by atoms with Gasteiger partial charge < -0.3 is 5.32 Å². The van der Waals surface area contributed by atoms with E-state index in [2.05, 4.69) is 17.0 Å². The van der Waals surface area contributed by atoms with Crippen LogP contribution in [0.25, 0.3) is 0 Å². The van der Waals surface area contributed by atoms with E-state index in [0.717, 1.165) is 6.29 Å². The molecule has 0 aliphatic carbocycles. The lowest BCUT2D eigenvalue weighted by molar-refractivity contribution is -0.121. The van der Waals surface area contributed by atoms with E-state index in [4.69, 9.17) is 0 Å². The lowest BCUT2D eigenvalue weighted by atomic mass is 10.2. The van der Waals surface area contributed by atoms with Crippen LogP contribution in [0, 0.1) is 13.8 Å². The van der Waals surface area contributed by atoms with Gasteiger partial charge in [0.2, 0.25) is 5.91 Å². The summed E-state index contributed by atoms with van der Waals surface area (Å²) in [7, 11) is 0. The van der Waals surface area contributed by atoms with Crippen LogP contribution in [0.2, 0.25) is 0 Å². The monoisotopic (exact) mass is 221 g/mol. The van der Waals surface area contributed by atoms with Gasteiger partial charge in [0.15, 0.2) is 6.29 Å². The first-order chi connectivity index (χ1) is 7.60. The number of hydrogen-bond acceptors (Lipinski definition) is 3. The van der Waals surface area contributed by atoms with Crippen LogP contribution in [0.1, 0.15) is 21.7 Å². The largest absolute Gasteiger partial charge is 0.351 e. The van der Waals surface area contributed by atoms with Gasteiger partial charge in [-0.15, -0.1) is 6.58 Å². The average molecular weight is 221 g/mol. The second-order valence-corrected chi connectivity index (χ2v) is 3.45. The lowest BCUT2D eigenvalue weighted by Gasteiger charge is -2.04. The fourth-order valence-corrected chi connectivity index (χ4v) is 1.41. The van der Waals surface area contributed by atoms with Crippen molar-refractivity contribution >= 4 is 12.2 Å². The Morgan fingerprint density at radius 1 is 1.56 bits per heavy atom. The molecule has 0 spiro atoms. The molecule has 0 aliphatic rings. The standard InChI is InChI=1S/C11H15N3O2/c1-4-5-12-11(16)6-14-9(3)10(7-15)8(2)13-14/h4,7H,1,5-6H2,2-3H3,(H,12,16). The molecule has 0 fully saturated rings. The SMILES string of the molecule is C=CCNC(=O)Cn1nc(C)c(C=O)c1C. The maximum Gasteiger partial charge on any atom is 0.241 e. The second kappa shape index (κ2) is 5.25. The van der Waals surface area contributed by atoms with E-state index >= 15 is 0 Å². The van der Waals surface area contributed by atoms with Crippen LogP contribution in [-0.2, 0) is 11.3 Å². The summed E-state index contributed by atoms with van der Waals surface area (Å²) >= 11 is 0. The van der Waals surface area contributed by atoms with Gasteiger partial charge in [0.05, 0.1) is 11.3 Å². The Morgan fingerprint density at radius 2 is 2.25 bits per heavy atom. The Labute approximate surface area is 94.1 Å². The molecule has 1 amide bonds. The summed E-state index contributed by atoms with van der Waals surface area (Å²) in [6.45, 7) is 7.57. The highest BCUT2D eigenvalue weighted by molar-refractivity contribution is 5.79. The Balaban J connectivity index is 2.78. The zero-order chi connectivity index (χ0) is 12.1. The molecule has 0 saturated heterocycles. The zero-order valence-electron chi connectivity index (χ0n) is 9.49. The number of aldehydes is 1. The molecule has 0 saturated carbocycles. The van der Waals surface area contributed by atoms with E-state index in [0.29, 0.717) is 23.5 Å². The minimum Gasteiger partial charge on any atom is -0.351 e. The Bertz CT molecular complexity index is 421. The first kappa shape index (κ1) is 12.2. The summed E-state index contributed by atoms with van der Waals surface area (Å²) in [6.07, 6.45) is 2.37. The first-order valence-electron chi connectivity index (χ1n) is 4.97. The third-order valence-electron chi connectivity index (χ3n) is 2.29. The maximum absolute atomic E-state index is 11.4. The van der Waals surface area contributed by atoms with Crippen molar-refractivity contribution in [2.24, 2.45) is 0 Å². The Hall–Kier alpha value is -1.91. The molecule has 0 bridgehead atoms. The topological polar surface area (TPSA) is 64.0 Å². The number of carbonyl (C=O) groups excluding carboxylic acids is 2. The summed E-state index contributed by atoms with van der Waals surface area (Å²) in [5.74, 6) is -0.150. The van der Waals surface area contributed by atoms with Crippen molar-refractivity contribution in [3.05, 3.63) is 29.6 Å². The minimum absolute atomic E-state index is 0.119. The van der Waals surface area contributed by atoms with Gasteiger partial charge in [0, 0.05) is 12.2 Å². The van der Waals surface area contributed by atoms with E-state index in [1.54, 1.807) is 19.9 Å². The molecule has 0 unspecified atom stereocenters. The van der Waals surface area contributed by atoms with Crippen molar-refractivity contribution in [3.63, 3.8) is 0 Å². The molecule has 0 aromatic carbocycles. The van der Waals surface area contributed by atoms with Gasteiger partial charge in [-0.1, -0.05) is 6.08 Å². The van der Waals surface area contributed by atoms with Crippen LogP contribution >= 0.6 is 0 Å². The number of rotatable bonds is 5. The fourth-order valence-electron chi connectivity index (χ4n) is 1.41. The number of nitrogens with zero attached hydrogens (tertiary/aromatic N) is 2. The zero-order valence-corrected chi connectivity index (χ0v) is 9.49. The van der Waals surface area contributed by atoms with E-state index < -0.39 is 0 Å². The van der Waals surface area contributed by atoms with Gasteiger partial charge in [0.1, 0.15) is 6.54 Å². The summed E-state index contributed by atoms with van der Waals surface area (Å²) < 4.78 is 1.53. The molecule has 0 aliphatic heterocycles. The number of amides is 1. The van der Waals surface area contributed by atoms with Gasteiger partial charge in [-0.3, -0.25) is 14.3 Å². The van der Waals surface area contributed by atoms with Gasteiger partial charge >= 0.3 is 0 Å². The van der Waals surface area contributed by atoms with Crippen molar-refractivity contribution in [1.82, 2.24) is 15.1 Å². The van der Waals surface area contributed by atoms with Crippen LogP contribution in [-0.4, -0.2) is 28.5 Å². The summed E-state index contributed by atoms with van der Waals surface area (Å²) in [4.78, 5) is 22.2. The summed E-state index contributed by atoms with van der Waals surface area (Å²) in [5.41, 5.74) is 1.90. The van der Waals surface area contributed by atoms with Crippen LogP contribution in [0.4, 0.5) is 0 Å². The molecule has 1 rings (SSSR count). The molecule has 0 atom stereocenters. The maximum atomic E-state index is 11.4. The van der Waals surface area contributed by atoms with E-state index in [1.807, 2.05) is 0 Å². The molecule has 5 nitrogen and oxygen atoms in total. The van der Waals surface area contributed by atoms with Gasteiger partial charge in [0.25, 0.3) is 0 Å². The highest BCUT2D eigenvalue weighted by Crippen LogP contribution is 2.09. The van der Waals surface area contributed by atoms with Gasteiger partial charge in [-0.2, -0.15) is 5.10 Å². The van der Waals surface area contributed by atoms with Crippen LogP contribution in [0.5, 0.6) is 0 Å². The van der Waals surface area contributed by atoms with Gasteiger partial charge in [-0.25, -0.2) is 0 Å². The van der Waals surface area contributed by atoms with Crippen LogP contribution < -0.4 is 5.32 Å². The molecular weight excluding hydrogens is 206 g/mol. The molecule has 1 heterocycles. The highest BCUT2D eigenvalue weighted by atomic mass is 16.2. The minimum atomic E-state index is -0.150. The molecular formula is C11H15N3O2. The van der Waals surface area contributed by atoms with Crippen molar-refractivity contribution < 1.29 is 9.59 Å². The summed E-state index contributed by atoms with van der Waals surface area (Å²) in [6, 6.07) is 0. The molecule has 86 valence electrons. The Morgan fingerprint density at radius 3 is 2.75 bits per heavy atom. The third-order valence-corrected chi connectivity index (χ3v) is 2.29. The van der Waals surface area contributed by atoms with E-state index in [9.17, 15) is 9.59 Å². The Kier molecular flexibility index (Phi) is 3.99. The number of aryl methyl sites for hydroxylation is 1. The molecule has 16 heavy (non-hydrogen) atoms. The number of hydrogen-bond donors (Lipinski definition) is 1. The quantitative estimate of drug-likeness (QED) is 0.585. The number of nitrogens with one attached hydrogen (secondary N) is 1. The molecule has 1 aromatic rings. The number of aromatic nitrogens is 2. The molecule has 1 N–H and O–H groups in total. The number of carbonyl (C=O) groups is 2. The van der Waals surface area contributed by atoms with Crippen LogP contribution in [0.15, 0.2) is 12.7 Å². The predicted octanol–water partition coefficient (Wildman–Crippen LogP) is 0.615. The first-order valence-corrected chi connectivity index (χ1v) is 4.97. The summed E-state index contributed by atoms with van der Waals surface area (Å²) in [5, 5.41) is 6.78. The van der Waals surface area contributed by atoms with Crippen molar-refractivity contribution in [2.75, 3.05) is 6.54 Å². The van der Waals surface area contributed by atoms with Gasteiger partial charge in [-0.05, 0) is 13.8 Å². The third kappa shape index (κ3) is 2.56. The van der Waals surface area contributed by atoms with Crippen molar-refractivity contribution in [2.45, 2.75) is 20.4 Å². The highest BCUT2D eigenvalue weighted by Gasteiger charge is 2.12. The van der Waals surface area contributed by atoms with E-state index in [1.165, 1.54) is 4.68 Å². The van der Waals surface area contributed by atoms with Crippen LogP contribution in [0.3, 0.4) is 0 Å². The molecule has 5 heteroatoms. The van der Waals surface area contributed by atoms with Crippen molar-refractivity contribution in [3.8, 4) is 0 Å². The fraction of sp³-hybridized carbons (Fsp3) is 0.364. The van der Waals surface area contributed by atoms with E-state index in [-0.39, 0.29) is 12.5 Å². The smallest absolute Gasteiger partial charge is 0.241 e. The van der Waals surface area contributed by atoms with Crippen molar-refractivity contribution in [1.29, 1.82) is 0 Å². The average Bonchev–Trinajstić information content (AvgIpc) is 2.51. The molecule has 0 radical (unpaired) electrons.